The predicted molar refractivity (Wildman–Crippen MR) is 72.0 cm³/mol. The summed E-state index contributed by atoms with van der Waals surface area (Å²) >= 11 is 0. The van der Waals surface area contributed by atoms with Crippen LogP contribution in [0.1, 0.15) is 22.3 Å². The molecule has 0 aliphatic carbocycles. The van der Waals surface area contributed by atoms with E-state index in [2.05, 4.69) is 5.32 Å². The highest BCUT2D eigenvalue weighted by atomic mass is 16.5. The number of methoxy groups -OCH3 is 2. The highest BCUT2D eigenvalue weighted by Crippen LogP contribution is 2.10. The van der Waals surface area contributed by atoms with E-state index in [1.54, 1.807) is 19.2 Å². The van der Waals surface area contributed by atoms with Crippen molar-refractivity contribution in [1.29, 1.82) is 0 Å². The first-order valence-corrected chi connectivity index (χ1v) is 6.22. The quantitative estimate of drug-likeness (QED) is 0.687. The topological polar surface area (TPSA) is 67.8 Å². The molecule has 0 bridgehead atoms. The van der Waals surface area contributed by atoms with Gasteiger partial charge in [-0.2, -0.15) is 0 Å². The van der Waals surface area contributed by atoms with Gasteiger partial charge in [0, 0.05) is 26.3 Å². The number of benzene rings is 1. The molecule has 0 aromatic heterocycles. The minimum Gasteiger partial charge on any atom is -0.465 e. The Labute approximate surface area is 113 Å². The number of hydrogen-bond acceptors (Lipinski definition) is 5. The van der Waals surface area contributed by atoms with Crippen LogP contribution in [0, 0.1) is 0 Å². The lowest BCUT2D eigenvalue weighted by Crippen LogP contribution is -2.33. The number of hydrogen-bond donors (Lipinski definition) is 2. The van der Waals surface area contributed by atoms with Gasteiger partial charge in [-0.15, -0.1) is 0 Å². The normalized spacial score (nSPS) is 12.2. The van der Waals surface area contributed by atoms with Gasteiger partial charge in [-0.3, -0.25) is 0 Å². The molecule has 106 valence electrons. The van der Waals surface area contributed by atoms with Crippen molar-refractivity contribution in [3.05, 3.63) is 35.4 Å². The van der Waals surface area contributed by atoms with Crippen LogP contribution >= 0.6 is 0 Å². The molecule has 1 unspecified atom stereocenters. The molecular formula is C14H21NO4. The molecular weight excluding hydrogens is 246 g/mol. The molecule has 2 N–H and O–H groups in total. The van der Waals surface area contributed by atoms with Gasteiger partial charge in [0.05, 0.1) is 19.3 Å². The Morgan fingerprint density at radius 2 is 2.11 bits per heavy atom. The zero-order chi connectivity index (χ0) is 14.1. The summed E-state index contributed by atoms with van der Waals surface area (Å²) in [7, 11) is 2.99. The number of aliphatic hydroxyl groups is 1. The molecule has 1 aromatic carbocycles. The van der Waals surface area contributed by atoms with Crippen LogP contribution in [0.3, 0.4) is 0 Å². The van der Waals surface area contributed by atoms with Crippen molar-refractivity contribution in [1.82, 2.24) is 5.32 Å². The van der Waals surface area contributed by atoms with E-state index in [1.807, 2.05) is 12.1 Å². The first kappa shape index (κ1) is 15.6. The summed E-state index contributed by atoms with van der Waals surface area (Å²) < 4.78 is 9.72. The lowest BCUT2D eigenvalue weighted by atomic mass is 10.1. The minimum atomic E-state index is -0.352. The van der Waals surface area contributed by atoms with E-state index in [1.165, 1.54) is 7.11 Å². The van der Waals surface area contributed by atoms with Gasteiger partial charge in [-0.05, 0) is 18.1 Å². The summed E-state index contributed by atoms with van der Waals surface area (Å²) in [5.74, 6) is -0.352. The summed E-state index contributed by atoms with van der Waals surface area (Å²) in [4.78, 5) is 11.6. The van der Waals surface area contributed by atoms with Crippen molar-refractivity contribution in [2.75, 3.05) is 27.4 Å². The Hall–Kier alpha value is -1.43. The number of ether oxygens (including phenoxy) is 2. The van der Waals surface area contributed by atoms with Crippen LogP contribution in [0.5, 0.6) is 0 Å². The van der Waals surface area contributed by atoms with E-state index >= 15 is 0 Å². The number of rotatable bonds is 8. The Morgan fingerprint density at radius 3 is 2.74 bits per heavy atom. The van der Waals surface area contributed by atoms with E-state index in [0.717, 1.165) is 5.56 Å². The standard InChI is InChI=1S/C14H21NO4/c1-18-8-7-12(10-16)15-9-11-5-3-4-6-13(11)14(17)19-2/h3-6,12,15-16H,7-10H2,1-2H3. The largest absolute Gasteiger partial charge is 0.465 e. The van der Waals surface area contributed by atoms with Gasteiger partial charge in [-0.1, -0.05) is 18.2 Å². The van der Waals surface area contributed by atoms with Crippen LogP contribution in [0.2, 0.25) is 0 Å². The summed E-state index contributed by atoms with van der Waals surface area (Å²) in [6.45, 7) is 1.11. The molecule has 0 aliphatic heterocycles. The molecule has 1 atom stereocenters. The maximum absolute atomic E-state index is 11.6. The predicted octanol–water partition coefficient (Wildman–Crippen LogP) is 0.960. The Bertz CT molecular complexity index is 395. The lowest BCUT2D eigenvalue weighted by Gasteiger charge is -2.16. The maximum Gasteiger partial charge on any atom is 0.338 e. The van der Waals surface area contributed by atoms with E-state index in [-0.39, 0.29) is 18.6 Å². The van der Waals surface area contributed by atoms with Crippen LogP contribution in [0.4, 0.5) is 0 Å². The first-order chi connectivity index (χ1) is 9.22. The van der Waals surface area contributed by atoms with E-state index in [0.29, 0.717) is 25.1 Å². The van der Waals surface area contributed by atoms with E-state index in [9.17, 15) is 9.90 Å². The summed E-state index contributed by atoms with van der Waals surface area (Å²) in [5.41, 5.74) is 1.39. The van der Waals surface area contributed by atoms with Gasteiger partial charge in [0.25, 0.3) is 0 Å². The molecule has 0 spiro atoms. The molecule has 5 nitrogen and oxygen atoms in total. The van der Waals surface area contributed by atoms with E-state index < -0.39 is 0 Å². The van der Waals surface area contributed by atoms with Crippen molar-refractivity contribution in [3.8, 4) is 0 Å². The van der Waals surface area contributed by atoms with Gasteiger partial charge < -0.3 is 19.9 Å². The minimum absolute atomic E-state index is 0.0315. The molecule has 0 aliphatic rings. The SMILES string of the molecule is COCCC(CO)NCc1ccccc1C(=O)OC. The summed E-state index contributed by atoms with van der Waals surface area (Å²) in [6, 6.07) is 7.21. The molecule has 1 aromatic rings. The second-order valence-corrected chi connectivity index (χ2v) is 4.19. The molecule has 0 saturated heterocycles. The number of nitrogens with one attached hydrogen (secondary N) is 1. The third-order valence-electron chi connectivity index (χ3n) is 2.89. The van der Waals surface area contributed by atoms with Crippen LogP contribution < -0.4 is 5.32 Å². The van der Waals surface area contributed by atoms with Crippen molar-refractivity contribution in [3.63, 3.8) is 0 Å². The zero-order valence-electron chi connectivity index (χ0n) is 11.4. The van der Waals surface area contributed by atoms with Crippen LogP contribution in [0.15, 0.2) is 24.3 Å². The molecule has 0 radical (unpaired) electrons. The highest BCUT2D eigenvalue weighted by molar-refractivity contribution is 5.90. The van der Waals surface area contributed by atoms with Crippen molar-refractivity contribution < 1.29 is 19.4 Å². The second kappa shape index (κ2) is 8.63. The third-order valence-corrected chi connectivity index (χ3v) is 2.89. The van der Waals surface area contributed by atoms with Gasteiger partial charge in [0.2, 0.25) is 0 Å². The molecule has 0 heterocycles. The average molecular weight is 267 g/mol. The first-order valence-electron chi connectivity index (χ1n) is 6.22. The fourth-order valence-electron chi connectivity index (χ4n) is 1.76. The fourth-order valence-corrected chi connectivity index (χ4v) is 1.76. The summed E-state index contributed by atoms with van der Waals surface area (Å²) in [6.07, 6.45) is 0.716. The molecule has 5 heteroatoms. The molecule has 0 amide bonds. The number of carbonyl (C=O) groups is 1. The Morgan fingerprint density at radius 1 is 1.37 bits per heavy atom. The van der Waals surface area contributed by atoms with Gasteiger partial charge in [0.1, 0.15) is 0 Å². The Balaban J connectivity index is 2.63. The van der Waals surface area contributed by atoms with E-state index in [4.69, 9.17) is 9.47 Å². The smallest absolute Gasteiger partial charge is 0.338 e. The monoisotopic (exact) mass is 267 g/mol. The molecule has 0 fully saturated rings. The van der Waals surface area contributed by atoms with Gasteiger partial charge in [-0.25, -0.2) is 4.79 Å². The van der Waals surface area contributed by atoms with Crippen molar-refractivity contribution in [2.45, 2.75) is 19.0 Å². The van der Waals surface area contributed by atoms with Crippen LogP contribution in [0.25, 0.3) is 0 Å². The Kier molecular flexibility index (Phi) is 7.10. The lowest BCUT2D eigenvalue weighted by molar-refractivity contribution is 0.0599. The van der Waals surface area contributed by atoms with Gasteiger partial charge in [0.15, 0.2) is 0 Å². The fraction of sp³-hybridized carbons (Fsp3) is 0.500. The highest BCUT2D eigenvalue weighted by Gasteiger charge is 2.12. The van der Waals surface area contributed by atoms with Gasteiger partial charge >= 0.3 is 5.97 Å². The number of aliphatic hydroxyl groups excluding tert-OH is 1. The number of esters is 1. The average Bonchev–Trinajstić information content (AvgIpc) is 2.47. The summed E-state index contributed by atoms with van der Waals surface area (Å²) in [5, 5.41) is 12.4. The molecule has 1 rings (SSSR count). The molecule has 0 saturated carbocycles. The van der Waals surface area contributed by atoms with Crippen molar-refractivity contribution >= 4 is 5.97 Å². The maximum atomic E-state index is 11.6. The third kappa shape index (κ3) is 4.98. The van der Waals surface area contributed by atoms with Crippen molar-refractivity contribution in [2.24, 2.45) is 0 Å². The zero-order valence-corrected chi connectivity index (χ0v) is 11.4. The molecule has 19 heavy (non-hydrogen) atoms. The van der Waals surface area contributed by atoms with Crippen LogP contribution in [-0.4, -0.2) is 44.6 Å². The second-order valence-electron chi connectivity index (χ2n) is 4.19. The number of carbonyl (C=O) groups excluding carboxylic acids is 1. The van der Waals surface area contributed by atoms with Crippen LogP contribution in [-0.2, 0) is 16.0 Å².